The molecule has 0 atom stereocenters. The van der Waals surface area contributed by atoms with Gasteiger partial charge in [-0.1, -0.05) is 0 Å². The number of nitrogen functional groups attached to an aromatic ring is 2. The molecule has 0 bridgehead atoms. The van der Waals surface area contributed by atoms with E-state index in [1.807, 2.05) is 5.43 Å². The molecule has 0 aliphatic heterocycles. The lowest BCUT2D eigenvalue weighted by Gasteiger charge is -2.10. The zero-order chi connectivity index (χ0) is 11.4. The first-order valence-electron chi connectivity index (χ1n) is 4.08. The topological polar surface area (TPSA) is 107 Å². The van der Waals surface area contributed by atoms with Crippen LogP contribution in [0.5, 0.6) is 5.75 Å². The van der Waals surface area contributed by atoms with Crippen molar-refractivity contribution in [3.05, 3.63) is 23.3 Å². The molecule has 0 aliphatic carbocycles. The van der Waals surface area contributed by atoms with Gasteiger partial charge in [0.1, 0.15) is 5.75 Å². The summed E-state index contributed by atoms with van der Waals surface area (Å²) in [6, 6.07) is 2.94. The maximum Gasteiger partial charge on any atom is 0.268 e. The second-order valence-corrected chi connectivity index (χ2v) is 2.74. The molecule has 0 spiro atoms. The number of carbonyl (C=O) groups is 2. The van der Waals surface area contributed by atoms with E-state index in [9.17, 15) is 9.59 Å². The molecule has 0 aromatic heterocycles. The van der Waals surface area contributed by atoms with Gasteiger partial charge in [-0.2, -0.15) is 0 Å². The molecule has 15 heavy (non-hydrogen) atoms. The van der Waals surface area contributed by atoms with Gasteiger partial charge in [-0.25, -0.2) is 5.84 Å². The predicted molar refractivity (Wildman–Crippen MR) is 54.4 cm³/mol. The highest BCUT2D eigenvalue weighted by Crippen LogP contribution is 2.27. The molecule has 1 aromatic rings. The lowest BCUT2D eigenvalue weighted by atomic mass is 10.1. The molecule has 6 nitrogen and oxygen atoms in total. The molecule has 80 valence electrons. The molecule has 5 N–H and O–H groups in total. The van der Waals surface area contributed by atoms with Crippen LogP contribution in [0, 0.1) is 0 Å². The van der Waals surface area contributed by atoms with Crippen LogP contribution in [0.4, 0.5) is 5.69 Å². The second-order valence-electron chi connectivity index (χ2n) is 2.74. The van der Waals surface area contributed by atoms with Gasteiger partial charge in [-0.3, -0.25) is 15.0 Å². The van der Waals surface area contributed by atoms with Crippen molar-refractivity contribution in [3.63, 3.8) is 0 Å². The smallest absolute Gasteiger partial charge is 0.268 e. The van der Waals surface area contributed by atoms with E-state index in [2.05, 4.69) is 0 Å². The highest BCUT2D eigenvalue weighted by Gasteiger charge is 2.17. The van der Waals surface area contributed by atoms with Gasteiger partial charge >= 0.3 is 0 Å². The Morgan fingerprint density at radius 3 is 2.67 bits per heavy atom. The molecule has 0 radical (unpaired) electrons. The summed E-state index contributed by atoms with van der Waals surface area (Å²) in [7, 11) is 1.41. The number of nitrogens with two attached hydrogens (primary N) is 2. The molecule has 0 saturated carbocycles. The number of carbonyl (C=O) groups excluding carboxylic acids is 2. The largest absolute Gasteiger partial charge is 0.495 e. The number of anilines is 1. The Morgan fingerprint density at radius 1 is 1.53 bits per heavy atom. The van der Waals surface area contributed by atoms with Crippen LogP contribution < -0.4 is 21.7 Å². The summed E-state index contributed by atoms with van der Waals surface area (Å²) in [4.78, 5) is 22.0. The van der Waals surface area contributed by atoms with Gasteiger partial charge in [-0.15, -0.1) is 0 Å². The predicted octanol–water partition coefficient (Wildman–Crippen LogP) is -0.307. The summed E-state index contributed by atoms with van der Waals surface area (Å²) >= 11 is 0. The Bertz CT molecular complexity index is 404. The van der Waals surface area contributed by atoms with Crippen molar-refractivity contribution in [2.24, 2.45) is 5.84 Å². The van der Waals surface area contributed by atoms with E-state index in [4.69, 9.17) is 16.3 Å². The maximum absolute atomic E-state index is 11.4. The van der Waals surface area contributed by atoms with Crippen molar-refractivity contribution in [2.75, 3.05) is 12.8 Å². The highest BCUT2D eigenvalue weighted by atomic mass is 16.5. The number of ether oxygens (including phenoxy) is 1. The van der Waals surface area contributed by atoms with Gasteiger partial charge in [0.05, 0.1) is 18.4 Å². The van der Waals surface area contributed by atoms with E-state index in [0.717, 1.165) is 0 Å². The van der Waals surface area contributed by atoms with Gasteiger partial charge in [-0.05, 0) is 12.1 Å². The molecular formula is C9H11N3O3. The Labute approximate surface area is 86.2 Å². The fourth-order valence-corrected chi connectivity index (χ4v) is 1.22. The van der Waals surface area contributed by atoms with Crippen LogP contribution in [0.3, 0.4) is 0 Å². The van der Waals surface area contributed by atoms with Crippen LogP contribution >= 0.6 is 0 Å². The van der Waals surface area contributed by atoms with Gasteiger partial charge < -0.3 is 10.5 Å². The van der Waals surface area contributed by atoms with E-state index in [0.29, 0.717) is 12.0 Å². The van der Waals surface area contributed by atoms with E-state index in [-0.39, 0.29) is 16.8 Å². The number of hydrogen-bond donors (Lipinski definition) is 3. The normalized spacial score (nSPS) is 9.47. The fourth-order valence-electron chi connectivity index (χ4n) is 1.22. The third-order valence-corrected chi connectivity index (χ3v) is 1.94. The van der Waals surface area contributed by atoms with Crippen LogP contribution in [-0.2, 0) is 0 Å². The average molecular weight is 209 g/mol. The van der Waals surface area contributed by atoms with Crippen molar-refractivity contribution in [1.82, 2.24) is 5.43 Å². The molecule has 1 aromatic carbocycles. The first-order chi connectivity index (χ1) is 7.15. The van der Waals surface area contributed by atoms with Gasteiger partial charge in [0.15, 0.2) is 6.29 Å². The molecular weight excluding hydrogens is 198 g/mol. The molecule has 0 heterocycles. The number of methoxy groups -OCH3 is 1. The molecule has 1 amide bonds. The van der Waals surface area contributed by atoms with Crippen LogP contribution in [0.2, 0.25) is 0 Å². The lowest BCUT2D eigenvalue weighted by molar-refractivity contribution is 0.0949. The highest BCUT2D eigenvalue weighted by molar-refractivity contribution is 6.06. The van der Waals surface area contributed by atoms with E-state index < -0.39 is 5.91 Å². The van der Waals surface area contributed by atoms with E-state index in [1.165, 1.54) is 19.2 Å². The lowest BCUT2D eigenvalue weighted by Crippen LogP contribution is -2.31. The molecule has 1 rings (SSSR count). The maximum atomic E-state index is 11.4. The number of amides is 1. The first-order valence-corrected chi connectivity index (χ1v) is 4.08. The summed E-state index contributed by atoms with van der Waals surface area (Å²) < 4.78 is 4.92. The summed E-state index contributed by atoms with van der Waals surface area (Å²) in [6.07, 6.45) is 0.528. The van der Waals surface area contributed by atoms with Crippen molar-refractivity contribution >= 4 is 17.9 Å². The molecule has 0 fully saturated rings. The number of hydrazine groups is 1. The Balaban J connectivity index is 3.42. The van der Waals surface area contributed by atoms with Gasteiger partial charge in [0.2, 0.25) is 0 Å². The van der Waals surface area contributed by atoms with Crippen LogP contribution in [0.15, 0.2) is 12.1 Å². The minimum Gasteiger partial charge on any atom is -0.495 e. The summed E-state index contributed by atoms with van der Waals surface area (Å²) in [5.41, 5.74) is 7.83. The number of nitrogens with one attached hydrogen (secondary N) is 1. The first kappa shape index (κ1) is 11.0. The zero-order valence-electron chi connectivity index (χ0n) is 8.11. The molecule has 0 aliphatic rings. The average Bonchev–Trinajstić information content (AvgIpc) is 2.27. The quantitative estimate of drug-likeness (QED) is 0.208. The molecule has 6 heteroatoms. The van der Waals surface area contributed by atoms with Crippen molar-refractivity contribution in [1.29, 1.82) is 0 Å². The number of hydrogen-bond acceptors (Lipinski definition) is 5. The number of aldehydes is 1. The third-order valence-electron chi connectivity index (χ3n) is 1.94. The van der Waals surface area contributed by atoms with Gasteiger partial charge in [0.25, 0.3) is 5.91 Å². The Hall–Kier alpha value is -2.08. The van der Waals surface area contributed by atoms with Crippen molar-refractivity contribution < 1.29 is 14.3 Å². The summed E-state index contributed by atoms with van der Waals surface area (Å²) in [5.74, 6) is 4.66. The zero-order valence-corrected chi connectivity index (χ0v) is 8.11. The van der Waals surface area contributed by atoms with Crippen LogP contribution in [0.25, 0.3) is 0 Å². The molecule has 0 unspecified atom stereocenters. The third kappa shape index (κ3) is 1.89. The van der Waals surface area contributed by atoms with E-state index in [1.54, 1.807) is 0 Å². The standard InChI is InChI=1S/C9H11N3O3/c1-15-6-3-2-5(4-13)7(8(6)10)9(14)12-11/h2-4H,10-11H2,1H3,(H,12,14). The van der Waals surface area contributed by atoms with Gasteiger partial charge in [0, 0.05) is 5.56 Å². The summed E-state index contributed by atoms with van der Waals surface area (Å²) in [6.45, 7) is 0. The Kier molecular flexibility index (Phi) is 3.25. The fraction of sp³-hybridized carbons (Fsp3) is 0.111. The minimum atomic E-state index is -0.631. The molecule has 0 saturated heterocycles. The van der Waals surface area contributed by atoms with Crippen molar-refractivity contribution in [2.45, 2.75) is 0 Å². The van der Waals surface area contributed by atoms with Crippen LogP contribution in [-0.4, -0.2) is 19.3 Å². The second kappa shape index (κ2) is 4.43. The Morgan fingerprint density at radius 2 is 2.20 bits per heavy atom. The minimum absolute atomic E-state index is 0.0202. The van der Waals surface area contributed by atoms with Crippen LogP contribution in [0.1, 0.15) is 20.7 Å². The van der Waals surface area contributed by atoms with E-state index >= 15 is 0 Å². The van der Waals surface area contributed by atoms with Crippen molar-refractivity contribution in [3.8, 4) is 5.75 Å². The monoisotopic (exact) mass is 209 g/mol. The summed E-state index contributed by atoms with van der Waals surface area (Å²) in [5, 5.41) is 0. The number of benzene rings is 1. The SMILES string of the molecule is COc1ccc(C=O)c(C(=O)NN)c1N. The number of rotatable bonds is 3.